The van der Waals surface area contributed by atoms with Crippen LogP contribution in [0.3, 0.4) is 0 Å². The summed E-state index contributed by atoms with van der Waals surface area (Å²) in [4.78, 5) is 0. The summed E-state index contributed by atoms with van der Waals surface area (Å²) in [6.45, 7) is 1.46. The number of anilines is 1. The lowest BCUT2D eigenvalue weighted by molar-refractivity contribution is 0.0681. The molecule has 0 spiro atoms. The van der Waals surface area contributed by atoms with Gasteiger partial charge in [-0.1, -0.05) is 0 Å². The van der Waals surface area contributed by atoms with Crippen LogP contribution in [0.2, 0.25) is 0 Å². The Kier molecular flexibility index (Phi) is 5.15. The van der Waals surface area contributed by atoms with E-state index in [9.17, 15) is 4.39 Å². The van der Waals surface area contributed by atoms with Crippen LogP contribution in [0.1, 0.15) is 24.4 Å². The maximum absolute atomic E-state index is 13.5. The van der Waals surface area contributed by atoms with E-state index in [1.807, 2.05) is 0 Å². The van der Waals surface area contributed by atoms with Gasteiger partial charge >= 0.3 is 0 Å². The molecule has 2 aromatic rings. The molecule has 6 heteroatoms. The molecule has 0 radical (unpaired) electrons. The summed E-state index contributed by atoms with van der Waals surface area (Å²) in [6.07, 6.45) is 2.14. The van der Waals surface area contributed by atoms with E-state index in [1.54, 1.807) is 18.2 Å². The SMILES string of the molecule is OCc1ccc(CNc2cc(F)ccc2OC[C@@H]2CCCO2)o1. The van der Waals surface area contributed by atoms with Crippen LogP contribution >= 0.6 is 0 Å². The molecule has 1 atom stereocenters. The Morgan fingerprint density at radius 3 is 2.87 bits per heavy atom. The van der Waals surface area contributed by atoms with Crippen LogP contribution in [0.4, 0.5) is 10.1 Å². The second-order valence-corrected chi connectivity index (χ2v) is 5.47. The molecule has 124 valence electrons. The summed E-state index contributed by atoms with van der Waals surface area (Å²) in [5.74, 6) is 1.39. The molecule has 0 saturated carbocycles. The zero-order valence-corrected chi connectivity index (χ0v) is 12.8. The first kappa shape index (κ1) is 15.8. The first-order chi connectivity index (χ1) is 11.2. The molecule has 5 nitrogen and oxygen atoms in total. The first-order valence-electron chi connectivity index (χ1n) is 7.71. The van der Waals surface area contributed by atoms with Crippen LogP contribution in [0.5, 0.6) is 5.75 Å². The quantitative estimate of drug-likeness (QED) is 0.820. The average molecular weight is 321 g/mol. The van der Waals surface area contributed by atoms with Crippen LogP contribution in [-0.4, -0.2) is 24.4 Å². The molecule has 1 aliphatic heterocycles. The monoisotopic (exact) mass is 321 g/mol. The van der Waals surface area contributed by atoms with E-state index in [-0.39, 0.29) is 18.5 Å². The van der Waals surface area contributed by atoms with Crippen LogP contribution in [0.15, 0.2) is 34.7 Å². The summed E-state index contributed by atoms with van der Waals surface area (Å²) < 4.78 is 30.2. The first-order valence-corrected chi connectivity index (χ1v) is 7.71. The van der Waals surface area contributed by atoms with Crippen molar-refractivity contribution in [3.8, 4) is 5.75 Å². The summed E-state index contributed by atoms with van der Waals surface area (Å²) >= 11 is 0. The van der Waals surface area contributed by atoms with Crippen molar-refractivity contribution in [1.29, 1.82) is 0 Å². The van der Waals surface area contributed by atoms with E-state index in [0.717, 1.165) is 19.4 Å². The van der Waals surface area contributed by atoms with Gasteiger partial charge in [0.05, 0.1) is 18.3 Å². The topological polar surface area (TPSA) is 63.9 Å². The van der Waals surface area contributed by atoms with Gasteiger partial charge in [0.15, 0.2) is 0 Å². The third-order valence-electron chi connectivity index (χ3n) is 3.72. The molecule has 3 rings (SSSR count). The molecule has 0 aliphatic carbocycles. The standard InChI is InChI=1S/C17H20FNO4/c18-12-3-6-17(22-11-15-2-1-7-21-15)16(8-12)19-9-13-4-5-14(10-20)23-13/h3-6,8,15,19-20H,1-2,7,9-11H2/t15-/m0/s1. The lowest BCUT2D eigenvalue weighted by atomic mass is 10.2. The Hall–Kier alpha value is -2.05. The maximum Gasteiger partial charge on any atom is 0.142 e. The highest BCUT2D eigenvalue weighted by Gasteiger charge is 2.17. The molecule has 1 saturated heterocycles. The molecule has 2 N–H and O–H groups in total. The van der Waals surface area contributed by atoms with Crippen molar-refractivity contribution < 1.29 is 23.4 Å². The summed E-state index contributed by atoms with van der Waals surface area (Å²) in [5.41, 5.74) is 0.560. The van der Waals surface area contributed by atoms with Crippen LogP contribution in [-0.2, 0) is 17.9 Å². The predicted molar refractivity (Wildman–Crippen MR) is 82.8 cm³/mol. The van der Waals surface area contributed by atoms with Gasteiger partial charge in [0.1, 0.15) is 36.3 Å². The number of aliphatic hydroxyl groups excluding tert-OH is 1. The van der Waals surface area contributed by atoms with Crippen molar-refractivity contribution in [3.05, 3.63) is 47.7 Å². The van der Waals surface area contributed by atoms with Gasteiger partial charge in [0.25, 0.3) is 0 Å². The van der Waals surface area contributed by atoms with Gasteiger partial charge in [0.2, 0.25) is 0 Å². The molecule has 1 aromatic heterocycles. The van der Waals surface area contributed by atoms with E-state index < -0.39 is 0 Å². The highest BCUT2D eigenvalue weighted by atomic mass is 19.1. The molecule has 1 aromatic carbocycles. The fourth-order valence-electron chi connectivity index (χ4n) is 2.51. The number of ether oxygens (including phenoxy) is 2. The molecule has 0 unspecified atom stereocenters. The summed E-state index contributed by atoms with van der Waals surface area (Å²) in [7, 11) is 0. The molecule has 2 heterocycles. The zero-order chi connectivity index (χ0) is 16.1. The lowest BCUT2D eigenvalue weighted by Crippen LogP contribution is -2.17. The van der Waals surface area contributed by atoms with Crippen molar-refractivity contribution in [1.82, 2.24) is 0 Å². The number of halogens is 1. The number of hydrogen-bond donors (Lipinski definition) is 2. The maximum atomic E-state index is 13.5. The van der Waals surface area contributed by atoms with E-state index in [0.29, 0.717) is 36.1 Å². The number of aliphatic hydroxyl groups is 1. The minimum atomic E-state index is -0.340. The molecule has 1 aliphatic rings. The van der Waals surface area contributed by atoms with E-state index in [1.165, 1.54) is 12.1 Å². The van der Waals surface area contributed by atoms with Crippen LogP contribution in [0.25, 0.3) is 0 Å². The fraction of sp³-hybridized carbons (Fsp3) is 0.412. The number of benzene rings is 1. The zero-order valence-electron chi connectivity index (χ0n) is 12.8. The number of furan rings is 1. The number of hydrogen-bond acceptors (Lipinski definition) is 5. The van der Waals surface area contributed by atoms with Crippen molar-refractivity contribution in [3.63, 3.8) is 0 Å². The largest absolute Gasteiger partial charge is 0.489 e. The Balaban J connectivity index is 1.63. The summed E-state index contributed by atoms with van der Waals surface area (Å²) in [6, 6.07) is 7.84. The van der Waals surface area contributed by atoms with Gasteiger partial charge in [-0.15, -0.1) is 0 Å². The van der Waals surface area contributed by atoms with Gasteiger partial charge in [-0.25, -0.2) is 4.39 Å². The molecular formula is C17H20FNO4. The van der Waals surface area contributed by atoms with E-state index >= 15 is 0 Å². The Labute approximate surface area is 134 Å². The normalized spacial score (nSPS) is 17.4. The van der Waals surface area contributed by atoms with Crippen molar-refractivity contribution >= 4 is 5.69 Å². The second-order valence-electron chi connectivity index (χ2n) is 5.47. The highest BCUT2D eigenvalue weighted by Crippen LogP contribution is 2.27. The van der Waals surface area contributed by atoms with E-state index in [4.69, 9.17) is 19.0 Å². The highest BCUT2D eigenvalue weighted by molar-refractivity contribution is 5.56. The van der Waals surface area contributed by atoms with Crippen LogP contribution < -0.4 is 10.1 Å². The smallest absolute Gasteiger partial charge is 0.142 e. The Morgan fingerprint density at radius 2 is 2.13 bits per heavy atom. The molecule has 0 amide bonds. The predicted octanol–water partition coefficient (Wildman–Crippen LogP) is 3.08. The van der Waals surface area contributed by atoms with Gasteiger partial charge < -0.3 is 24.3 Å². The fourth-order valence-corrected chi connectivity index (χ4v) is 2.51. The van der Waals surface area contributed by atoms with Gasteiger partial charge in [-0.3, -0.25) is 0 Å². The van der Waals surface area contributed by atoms with Gasteiger partial charge in [0, 0.05) is 12.7 Å². The molecule has 23 heavy (non-hydrogen) atoms. The number of nitrogens with one attached hydrogen (secondary N) is 1. The number of rotatable bonds is 7. The minimum Gasteiger partial charge on any atom is -0.489 e. The van der Waals surface area contributed by atoms with Crippen LogP contribution in [0, 0.1) is 5.82 Å². The van der Waals surface area contributed by atoms with Gasteiger partial charge in [-0.05, 0) is 37.1 Å². The average Bonchev–Trinajstić information content (AvgIpc) is 3.23. The van der Waals surface area contributed by atoms with E-state index in [2.05, 4.69) is 5.32 Å². The minimum absolute atomic E-state index is 0.102. The van der Waals surface area contributed by atoms with Gasteiger partial charge in [-0.2, -0.15) is 0 Å². The Morgan fingerprint density at radius 1 is 1.26 bits per heavy atom. The summed E-state index contributed by atoms with van der Waals surface area (Å²) in [5, 5.41) is 12.1. The molecule has 1 fully saturated rings. The second kappa shape index (κ2) is 7.48. The third-order valence-corrected chi connectivity index (χ3v) is 3.72. The third kappa shape index (κ3) is 4.24. The van der Waals surface area contributed by atoms with Crippen molar-refractivity contribution in [2.45, 2.75) is 32.1 Å². The Bertz CT molecular complexity index is 637. The molecular weight excluding hydrogens is 301 g/mol. The van der Waals surface area contributed by atoms with Crippen molar-refractivity contribution in [2.24, 2.45) is 0 Å². The lowest BCUT2D eigenvalue weighted by Gasteiger charge is -2.15. The molecule has 0 bridgehead atoms. The van der Waals surface area contributed by atoms with Crippen molar-refractivity contribution in [2.75, 3.05) is 18.5 Å².